The van der Waals surface area contributed by atoms with Gasteiger partial charge >= 0.3 is 0 Å². The fourth-order valence-corrected chi connectivity index (χ4v) is 1.96. The van der Waals surface area contributed by atoms with Gasteiger partial charge in [-0.3, -0.25) is 0 Å². The van der Waals surface area contributed by atoms with Gasteiger partial charge in [-0.2, -0.15) is 0 Å². The molecule has 4 nitrogen and oxygen atoms in total. The molecule has 0 aliphatic heterocycles. The first-order chi connectivity index (χ1) is 8.00. The molecule has 4 heteroatoms. The average Bonchev–Trinajstić information content (AvgIpc) is 2.64. The monoisotopic (exact) mass is 230 g/mol. The van der Waals surface area contributed by atoms with Crippen molar-refractivity contribution in [2.45, 2.75) is 33.7 Å². The van der Waals surface area contributed by atoms with Gasteiger partial charge in [-0.15, -0.1) is 10.2 Å². The summed E-state index contributed by atoms with van der Waals surface area (Å²) in [5.74, 6) is 1.80. The standard InChI is InChI=1S/C13H18N4/c1-8(2)17-10(4)15-16-13(17)11-6-5-9(3)12(14)7-11/h5-8H,14H2,1-4H3. The summed E-state index contributed by atoms with van der Waals surface area (Å²) in [4.78, 5) is 0. The summed E-state index contributed by atoms with van der Waals surface area (Å²) in [6.45, 7) is 8.21. The van der Waals surface area contributed by atoms with Gasteiger partial charge in [-0.05, 0) is 39.3 Å². The molecule has 2 aromatic rings. The van der Waals surface area contributed by atoms with Crippen molar-refractivity contribution in [1.29, 1.82) is 0 Å². The van der Waals surface area contributed by atoms with Gasteiger partial charge in [0.25, 0.3) is 0 Å². The molecule has 0 aliphatic rings. The third-order valence-corrected chi connectivity index (χ3v) is 2.92. The molecule has 0 bridgehead atoms. The van der Waals surface area contributed by atoms with Gasteiger partial charge in [0.2, 0.25) is 0 Å². The molecule has 0 saturated heterocycles. The van der Waals surface area contributed by atoms with Crippen LogP contribution >= 0.6 is 0 Å². The van der Waals surface area contributed by atoms with Crippen LogP contribution in [0.5, 0.6) is 0 Å². The fraction of sp³-hybridized carbons (Fsp3) is 0.385. The molecular weight excluding hydrogens is 212 g/mol. The lowest BCUT2D eigenvalue weighted by atomic mass is 10.1. The van der Waals surface area contributed by atoms with Gasteiger partial charge in [0.05, 0.1) is 0 Å². The highest BCUT2D eigenvalue weighted by atomic mass is 15.3. The van der Waals surface area contributed by atoms with Crippen LogP contribution in [0.3, 0.4) is 0 Å². The van der Waals surface area contributed by atoms with Crippen molar-refractivity contribution in [2.75, 3.05) is 5.73 Å². The quantitative estimate of drug-likeness (QED) is 0.807. The Kier molecular flexibility index (Phi) is 2.88. The smallest absolute Gasteiger partial charge is 0.164 e. The summed E-state index contributed by atoms with van der Waals surface area (Å²) in [6, 6.07) is 6.34. The maximum Gasteiger partial charge on any atom is 0.164 e. The van der Waals surface area contributed by atoms with Crippen LogP contribution in [0.1, 0.15) is 31.3 Å². The van der Waals surface area contributed by atoms with E-state index in [1.165, 1.54) is 0 Å². The predicted octanol–water partition coefficient (Wildman–Crippen LogP) is 2.73. The number of aryl methyl sites for hydroxylation is 2. The minimum absolute atomic E-state index is 0.336. The number of rotatable bonds is 2. The largest absolute Gasteiger partial charge is 0.398 e. The van der Waals surface area contributed by atoms with Crippen LogP contribution in [0.2, 0.25) is 0 Å². The van der Waals surface area contributed by atoms with Crippen molar-refractivity contribution in [1.82, 2.24) is 14.8 Å². The van der Waals surface area contributed by atoms with Gasteiger partial charge in [0.15, 0.2) is 5.82 Å². The van der Waals surface area contributed by atoms with Crippen molar-refractivity contribution >= 4 is 5.69 Å². The molecule has 2 N–H and O–H groups in total. The van der Waals surface area contributed by atoms with E-state index in [0.717, 1.165) is 28.5 Å². The molecule has 1 aromatic heterocycles. The number of nitrogens with zero attached hydrogens (tertiary/aromatic N) is 3. The molecule has 0 saturated carbocycles. The second kappa shape index (κ2) is 4.20. The van der Waals surface area contributed by atoms with Crippen molar-refractivity contribution in [3.63, 3.8) is 0 Å². The van der Waals surface area contributed by atoms with Crippen LogP contribution in [0.4, 0.5) is 5.69 Å². The minimum atomic E-state index is 0.336. The Morgan fingerprint density at radius 3 is 2.47 bits per heavy atom. The van der Waals surface area contributed by atoms with E-state index in [2.05, 4.69) is 28.6 Å². The van der Waals surface area contributed by atoms with Crippen molar-refractivity contribution in [3.05, 3.63) is 29.6 Å². The Labute approximate surface area is 101 Å². The SMILES string of the molecule is Cc1ccc(-c2nnc(C)n2C(C)C)cc1N. The summed E-state index contributed by atoms with van der Waals surface area (Å²) in [5, 5.41) is 8.37. The van der Waals surface area contributed by atoms with Gasteiger partial charge in [0, 0.05) is 17.3 Å². The van der Waals surface area contributed by atoms with Gasteiger partial charge in [-0.25, -0.2) is 0 Å². The van der Waals surface area contributed by atoms with Crippen LogP contribution in [-0.2, 0) is 0 Å². The highest BCUT2D eigenvalue weighted by Gasteiger charge is 2.13. The molecule has 0 aliphatic carbocycles. The molecule has 17 heavy (non-hydrogen) atoms. The van der Waals surface area contributed by atoms with E-state index in [4.69, 9.17) is 5.73 Å². The highest BCUT2D eigenvalue weighted by molar-refractivity contribution is 5.64. The van der Waals surface area contributed by atoms with Crippen LogP contribution < -0.4 is 5.73 Å². The number of nitrogen functional groups attached to an aromatic ring is 1. The molecule has 0 atom stereocenters. The number of anilines is 1. The topological polar surface area (TPSA) is 56.7 Å². The molecule has 90 valence electrons. The normalized spacial score (nSPS) is 11.1. The first-order valence-electron chi connectivity index (χ1n) is 5.78. The van der Waals surface area contributed by atoms with E-state index >= 15 is 0 Å². The van der Waals surface area contributed by atoms with E-state index in [1.807, 2.05) is 32.0 Å². The first kappa shape index (κ1) is 11.6. The molecule has 1 aromatic carbocycles. The molecule has 2 rings (SSSR count). The molecular formula is C13H18N4. The van der Waals surface area contributed by atoms with E-state index in [1.54, 1.807) is 0 Å². The predicted molar refractivity (Wildman–Crippen MR) is 69.7 cm³/mol. The lowest BCUT2D eigenvalue weighted by Crippen LogP contribution is -2.05. The third kappa shape index (κ3) is 2.02. The van der Waals surface area contributed by atoms with Crippen LogP contribution in [-0.4, -0.2) is 14.8 Å². The third-order valence-electron chi connectivity index (χ3n) is 2.92. The second-order valence-corrected chi connectivity index (χ2v) is 4.61. The summed E-state index contributed by atoms with van der Waals surface area (Å²) in [5.41, 5.74) is 8.82. The Morgan fingerprint density at radius 1 is 1.18 bits per heavy atom. The van der Waals surface area contributed by atoms with Crippen LogP contribution in [0.25, 0.3) is 11.4 Å². The Morgan fingerprint density at radius 2 is 1.88 bits per heavy atom. The van der Waals surface area contributed by atoms with E-state index in [0.29, 0.717) is 6.04 Å². The molecule has 1 heterocycles. The average molecular weight is 230 g/mol. The first-order valence-corrected chi connectivity index (χ1v) is 5.78. The second-order valence-electron chi connectivity index (χ2n) is 4.61. The van der Waals surface area contributed by atoms with E-state index < -0.39 is 0 Å². The van der Waals surface area contributed by atoms with Crippen molar-refractivity contribution in [3.8, 4) is 11.4 Å². The van der Waals surface area contributed by atoms with Gasteiger partial charge < -0.3 is 10.3 Å². The summed E-state index contributed by atoms with van der Waals surface area (Å²) in [7, 11) is 0. The fourth-order valence-electron chi connectivity index (χ4n) is 1.96. The zero-order valence-electron chi connectivity index (χ0n) is 10.7. The lowest BCUT2D eigenvalue weighted by Gasteiger charge is -2.13. The van der Waals surface area contributed by atoms with Gasteiger partial charge in [0.1, 0.15) is 5.82 Å². The van der Waals surface area contributed by atoms with Crippen molar-refractivity contribution < 1.29 is 0 Å². The number of hydrogen-bond acceptors (Lipinski definition) is 3. The zero-order chi connectivity index (χ0) is 12.6. The summed E-state index contributed by atoms with van der Waals surface area (Å²) < 4.78 is 2.12. The Hall–Kier alpha value is -1.84. The Balaban J connectivity index is 2.56. The maximum atomic E-state index is 5.93. The molecule has 0 fully saturated rings. The number of nitrogens with two attached hydrogens (primary N) is 1. The number of hydrogen-bond donors (Lipinski definition) is 1. The van der Waals surface area contributed by atoms with Crippen molar-refractivity contribution in [2.24, 2.45) is 0 Å². The molecule has 0 amide bonds. The molecule has 0 radical (unpaired) electrons. The minimum Gasteiger partial charge on any atom is -0.398 e. The van der Waals surface area contributed by atoms with Crippen LogP contribution in [0, 0.1) is 13.8 Å². The Bertz CT molecular complexity index is 540. The van der Waals surface area contributed by atoms with Gasteiger partial charge in [-0.1, -0.05) is 12.1 Å². The van der Waals surface area contributed by atoms with Crippen LogP contribution in [0.15, 0.2) is 18.2 Å². The lowest BCUT2D eigenvalue weighted by molar-refractivity contribution is 0.587. The molecule has 0 unspecified atom stereocenters. The highest BCUT2D eigenvalue weighted by Crippen LogP contribution is 2.25. The van der Waals surface area contributed by atoms with E-state index in [9.17, 15) is 0 Å². The summed E-state index contributed by atoms with van der Waals surface area (Å²) >= 11 is 0. The number of aromatic nitrogens is 3. The maximum absolute atomic E-state index is 5.93. The van der Waals surface area contributed by atoms with E-state index in [-0.39, 0.29) is 0 Å². The number of benzene rings is 1. The summed E-state index contributed by atoms with van der Waals surface area (Å²) in [6.07, 6.45) is 0. The molecule has 0 spiro atoms. The zero-order valence-corrected chi connectivity index (χ0v) is 10.7.